The number of nitrogens with one attached hydrogen (secondary N) is 1. The Hall–Kier alpha value is -2.20. The lowest BCUT2D eigenvalue weighted by molar-refractivity contribution is 0.0950. The number of hydrogen-bond donors (Lipinski definition) is 1. The summed E-state index contributed by atoms with van der Waals surface area (Å²) in [6, 6.07) is 10.1. The molecule has 0 atom stereocenters. The summed E-state index contributed by atoms with van der Waals surface area (Å²) in [7, 11) is 2.96. The van der Waals surface area contributed by atoms with Crippen LogP contribution in [-0.2, 0) is 0 Å². The highest BCUT2D eigenvalue weighted by Crippen LogP contribution is 2.25. The molecule has 0 saturated carbocycles. The molecule has 1 N–H and O–H groups in total. The van der Waals surface area contributed by atoms with Gasteiger partial charge < -0.3 is 14.5 Å². The predicted molar refractivity (Wildman–Crippen MR) is 105 cm³/mol. The molecule has 0 aliphatic rings. The number of halogens is 1. The molecule has 0 saturated heterocycles. The fourth-order valence-corrected chi connectivity index (χ4v) is 3.23. The minimum atomic E-state index is -0.563. The van der Waals surface area contributed by atoms with Crippen LogP contribution in [0.4, 0.5) is 0 Å². The van der Waals surface area contributed by atoms with Gasteiger partial charge in [0.25, 0.3) is 11.5 Å². The van der Waals surface area contributed by atoms with Crippen LogP contribution in [0.25, 0.3) is 10.9 Å². The van der Waals surface area contributed by atoms with Gasteiger partial charge in [-0.1, -0.05) is 0 Å². The third kappa shape index (κ3) is 3.19. The number of fused-ring (bicyclic) bond motifs is 1. The van der Waals surface area contributed by atoms with Gasteiger partial charge in [-0.25, -0.2) is 4.57 Å². The van der Waals surface area contributed by atoms with Gasteiger partial charge in [0.05, 0.1) is 30.7 Å². The second kappa shape index (κ2) is 6.96. The molecule has 8 heteroatoms. The normalized spacial score (nSPS) is 10.7. The first-order chi connectivity index (χ1) is 12.0. The van der Waals surface area contributed by atoms with Crippen molar-refractivity contribution in [1.29, 1.82) is 0 Å². The first kappa shape index (κ1) is 17.6. The fraction of sp³-hybridized carbons (Fsp3) is 0.118. The Morgan fingerprint density at radius 1 is 1.16 bits per heavy atom. The first-order valence-corrected chi connectivity index (χ1v) is 8.66. The Labute approximate surface area is 161 Å². The Morgan fingerprint density at radius 3 is 2.60 bits per heavy atom. The summed E-state index contributed by atoms with van der Waals surface area (Å²) in [6.07, 6.45) is 0. The number of methoxy groups -OCH3 is 2. The zero-order valence-electron chi connectivity index (χ0n) is 13.3. The van der Waals surface area contributed by atoms with Gasteiger partial charge in [0, 0.05) is 9.64 Å². The van der Waals surface area contributed by atoms with Gasteiger partial charge >= 0.3 is 0 Å². The minimum Gasteiger partial charge on any atom is -0.497 e. The van der Waals surface area contributed by atoms with E-state index in [4.69, 9.17) is 21.7 Å². The molecule has 0 amide bonds. The van der Waals surface area contributed by atoms with Crippen molar-refractivity contribution in [3.63, 3.8) is 0 Å². The van der Waals surface area contributed by atoms with Crippen molar-refractivity contribution in [1.82, 2.24) is 9.55 Å². The number of nitrogens with zero attached hydrogens (tertiary/aromatic N) is 1. The van der Waals surface area contributed by atoms with E-state index in [9.17, 15) is 9.59 Å². The van der Waals surface area contributed by atoms with E-state index < -0.39 is 11.5 Å². The number of aromatic nitrogens is 2. The molecule has 0 fully saturated rings. The van der Waals surface area contributed by atoms with Crippen LogP contribution in [0.5, 0.6) is 11.5 Å². The monoisotopic (exact) mass is 468 g/mol. The van der Waals surface area contributed by atoms with Gasteiger partial charge in [0.15, 0.2) is 4.77 Å². The van der Waals surface area contributed by atoms with Crippen LogP contribution < -0.4 is 15.0 Å². The molecule has 0 aliphatic heterocycles. The Balaban J connectivity index is 2.25. The number of aromatic amines is 1. The second-order valence-electron chi connectivity index (χ2n) is 5.13. The standard InChI is InChI=1S/C17H13IN2O4S/c1-23-10-4-5-11(14(8-10)24-2)15(21)20-16(22)12-7-9(18)3-6-13(12)19-17(20)25/h3-8H,1-2H3,(H,19,25). The molecule has 0 unspecified atom stereocenters. The number of H-pyrrole nitrogens is 1. The molecule has 1 aromatic heterocycles. The van der Waals surface area contributed by atoms with Gasteiger partial charge in [-0.2, -0.15) is 0 Å². The van der Waals surface area contributed by atoms with Crippen molar-refractivity contribution >= 4 is 51.6 Å². The van der Waals surface area contributed by atoms with E-state index in [1.165, 1.54) is 14.2 Å². The van der Waals surface area contributed by atoms with Crippen LogP contribution in [0.3, 0.4) is 0 Å². The maximum Gasteiger partial charge on any atom is 0.270 e. The summed E-state index contributed by atoms with van der Waals surface area (Å²) in [4.78, 5) is 28.7. The van der Waals surface area contributed by atoms with Gasteiger partial charge in [-0.3, -0.25) is 9.59 Å². The average Bonchev–Trinajstić information content (AvgIpc) is 2.61. The van der Waals surface area contributed by atoms with Gasteiger partial charge in [-0.15, -0.1) is 0 Å². The zero-order chi connectivity index (χ0) is 18.1. The molecule has 0 bridgehead atoms. The second-order valence-corrected chi connectivity index (χ2v) is 6.76. The largest absolute Gasteiger partial charge is 0.497 e. The number of carbonyl (C=O) groups excluding carboxylic acids is 1. The molecular formula is C17H13IN2O4S. The van der Waals surface area contributed by atoms with Crippen molar-refractivity contribution < 1.29 is 14.3 Å². The smallest absolute Gasteiger partial charge is 0.270 e. The summed E-state index contributed by atoms with van der Waals surface area (Å²) < 4.78 is 12.2. The topological polar surface area (TPSA) is 73.3 Å². The van der Waals surface area contributed by atoms with E-state index in [0.29, 0.717) is 22.4 Å². The zero-order valence-corrected chi connectivity index (χ0v) is 16.3. The number of carbonyl (C=O) groups is 1. The molecule has 2 aromatic carbocycles. The first-order valence-electron chi connectivity index (χ1n) is 7.17. The lowest BCUT2D eigenvalue weighted by Crippen LogP contribution is -2.29. The van der Waals surface area contributed by atoms with Crippen molar-refractivity contribution in [2.24, 2.45) is 0 Å². The van der Waals surface area contributed by atoms with Crippen LogP contribution >= 0.6 is 34.8 Å². The molecule has 0 radical (unpaired) electrons. The number of hydrogen-bond acceptors (Lipinski definition) is 5. The molecule has 3 rings (SSSR count). The van der Waals surface area contributed by atoms with E-state index in [0.717, 1.165) is 8.14 Å². The molecule has 0 spiro atoms. The molecule has 128 valence electrons. The van der Waals surface area contributed by atoms with E-state index in [1.807, 2.05) is 6.07 Å². The highest BCUT2D eigenvalue weighted by atomic mass is 127. The lowest BCUT2D eigenvalue weighted by Gasteiger charge is -2.11. The maximum atomic E-state index is 12.9. The summed E-state index contributed by atoms with van der Waals surface area (Å²) in [5, 5.41) is 0.390. The SMILES string of the molecule is COc1ccc(C(=O)n2c(=S)[nH]c3ccc(I)cc3c2=O)c(OC)c1. The summed E-state index contributed by atoms with van der Waals surface area (Å²) in [5.41, 5.74) is 0.330. The third-order valence-corrected chi connectivity index (χ3v) is 4.66. The van der Waals surface area contributed by atoms with Gasteiger partial charge in [0.2, 0.25) is 0 Å². The molecule has 1 heterocycles. The van der Waals surface area contributed by atoms with Crippen LogP contribution in [0.2, 0.25) is 0 Å². The Morgan fingerprint density at radius 2 is 1.92 bits per heavy atom. The van der Waals surface area contributed by atoms with E-state index in [2.05, 4.69) is 27.6 Å². The third-order valence-electron chi connectivity index (χ3n) is 3.70. The van der Waals surface area contributed by atoms with E-state index in [1.54, 1.807) is 30.3 Å². The maximum absolute atomic E-state index is 12.9. The minimum absolute atomic E-state index is 0.0292. The van der Waals surface area contributed by atoms with Crippen LogP contribution in [0, 0.1) is 8.34 Å². The van der Waals surface area contributed by atoms with Gasteiger partial charge in [-0.05, 0) is 65.1 Å². The fourth-order valence-electron chi connectivity index (χ4n) is 2.47. The molecule has 25 heavy (non-hydrogen) atoms. The van der Waals surface area contributed by atoms with Crippen molar-refractivity contribution in [3.8, 4) is 11.5 Å². The summed E-state index contributed by atoms with van der Waals surface area (Å²) in [6.45, 7) is 0. The number of ether oxygens (including phenoxy) is 2. The van der Waals surface area contributed by atoms with Crippen LogP contribution in [0.1, 0.15) is 10.4 Å². The van der Waals surface area contributed by atoms with Crippen LogP contribution in [-0.4, -0.2) is 29.7 Å². The molecule has 3 aromatic rings. The van der Waals surface area contributed by atoms with Crippen LogP contribution in [0.15, 0.2) is 41.2 Å². The number of benzene rings is 2. The quantitative estimate of drug-likeness (QED) is 0.472. The Bertz CT molecular complexity index is 1100. The highest BCUT2D eigenvalue weighted by Gasteiger charge is 2.19. The average molecular weight is 468 g/mol. The Kier molecular flexibility index (Phi) is 4.91. The van der Waals surface area contributed by atoms with E-state index in [-0.39, 0.29) is 10.3 Å². The summed E-state index contributed by atoms with van der Waals surface area (Å²) >= 11 is 7.33. The number of rotatable bonds is 3. The highest BCUT2D eigenvalue weighted by molar-refractivity contribution is 14.1. The van der Waals surface area contributed by atoms with Crippen molar-refractivity contribution in [3.05, 3.63) is 60.7 Å². The lowest BCUT2D eigenvalue weighted by atomic mass is 10.1. The van der Waals surface area contributed by atoms with Crippen molar-refractivity contribution in [2.75, 3.05) is 14.2 Å². The van der Waals surface area contributed by atoms with Crippen molar-refractivity contribution in [2.45, 2.75) is 0 Å². The van der Waals surface area contributed by atoms with E-state index >= 15 is 0 Å². The summed E-state index contributed by atoms with van der Waals surface area (Å²) in [5.74, 6) is 0.277. The van der Waals surface area contributed by atoms with Gasteiger partial charge in [0.1, 0.15) is 11.5 Å². The predicted octanol–water partition coefficient (Wildman–Crippen LogP) is 3.37. The molecular weight excluding hydrogens is 455 g/mol. The molecule has 0 aliphatic carbocycles. The molecule has 6 nitrogen and oxygen atoms in total.